The molecule has 1 aromatic carbocycles. The lowest BCUT2D eigenvalue weighted by molar-refractivity contribution is 0.0864. The van der Waals surface area contributed by atoms with Gasteiger partial charge in [0.1, 0.15) is 5.58 Å². The van der Waals surface area contributed by atoms with Crippen molar-refractivity contribution in [1.29, 1.82) is 0 Å². The van der Waals surface area contributed by atoms with Crippen molar-refractivity contribution >= 4 is 16.8 Å². The molecule has 3 rings (SSSR count). The minimum atomic E-state index is 0.0911. The molecule has 2 atom stereocenters. The molecule has 1 fully saturated rings. The highest BCUT2D eigenvalue weighted by atomic mass is 16.3. The molecule has 2 aromatic rings. The number of rotatable bonds is 4. The van der Waals surface area contributed by atoms with Crippen LogP contribution in [0.1, 0.15) is 43.7 Å². The van der Waals surface area contributed by atoms with Crippen LogP contribution in [0.4, 0.5) is 0 Å². The zero-order chi connectivity index (χ0) is 14.1. The number of Topliss-reactive ketones (excluding diaryl/α,β-unsaturated/α-hetero) is 1. The molecule has 20 heavy (non-hydrogen) atoms. The van der Waals surface area contributed by atoms with Crippen LogP contribution in [-0.4, -0.2) is 29.3 Å². The molecule has 3 nitrogen and oxygen atoms in total. The van der Waals surface area contributed by atoms with Gasteiger partial charge < -0.3 is 4.42 Å². The molecule has 0 spiro atoms. The quantitative estimate of drug-likeness (QED) is 0.791. The number of likely N-dealkylation sites (tertiary alicyclic amines) is 1. The third-order valence-corrected chi connectivity index (χ3v) is 4.45. The van der Waals surface area contributed by atoms with E-state index in [1.165, 1.54) is 12.8 Å². The van der Waals surface area contributed by atoms with Gasteiger partial charge in [0.05, 0.1) is 6.54 Å². The van der Waals surface area contributed by atoms with Gasteiger partial charge in [-0.2, -0.15) is 0 Å². The maximum Gasteiger partial charge on any atom is 0.211 e. The molecular formula is C17H21NO2. The number of carbonyl (C=O) groups excluding carboxylic acids is 1. The number of fused-ring (bicyclic) bond motifs is 1. The van der Waals surface area contributed by atoms with Crippen molar-refractivity contribution in [3.05, 3.63) is 36.1 Å². The van der Waals surface area contributed by atoms with E-state index in [4.69, 9.17) is 4.42 Å². The number of benzene rings is 1. The van der Waals surface area contributed by atoms with Crippen LogP contribution < -0.4 is 0 Å². The fourth-order valence-electron chi connectivity index (χ4n) is 3.21. The fourth-order valence-corrected chi connectivity index (χ4v) is 3.21. The lowest BCUT2D eigenvalue weighted by Crippen LogP contribution is -2.38. The largest absolute Gasteiger partial charge is 0.453 e. The molecule has 2 heterocycles. The SMILES string of the molecule is CCC1CCC(C)N1CC(=O)c1cc2ccccc2o1. The van der Waals surface area contributed by atoms with Gasteiger partial charge >= 0.3 is 0 Å². The average molecular weight is 271 g/mol. The number of carbonyl (C=O) groups is 1. The summed E-state index contributed by atoms with van der Waals surface area (Å²) in [5, 5.41) is 0.998. The summed E-state index contributed by atoms with van der Waals surface area (Å²) in [5.74, 6) is 0.577. The lowest BCUT2D eigenvalue weighted by atomic mass is 10.1. The minimum absolute atomic E-state index is 0.0911. The molecule has 1 saturated heterocycles. The fraction of sp³-hybridized carbons (Fsp3) is 0.471. The first kappa shape index (κ1) is 13.4. The van der Waals surface area contributed by atoms with Gasteiger partial charge in [-0.3, -0.25) is 9.69 Å². The third-order valence-electron chi connectivity index (χ3n) is 4.45. The summed E-state index contributed by atoms with van der Waals surface area (Å²) in [6.45, 7) is 4.88. The van der Waals surface area contributed by atoms with Crippen molar-refractivity contribution in [1.82, 2.24) is 4.90 Å². The topological polar surface area (TPSA) is 33.5 Å². The summed E-state index contributed by atoms with van der Waals surface area (Å²) < 4.78 is 5.67. The van der Waals surface area contributed by atoms with E-state index in [1.54, 1.807) is 0 Å². The molecule has 106 valence electrons. The number of ketones is 1. The van der Waals surface area contributed by atoms with Gasteiger partial charge in [0.25, 0.3) is 0 Å². The molecule has 0 N–H and O–H groups in total. The van der Waals surface area contributed by atoms with E-state index in [0.717, 1.165) is 17.4 Å². The molecule has 2 unspecified atom stereocenters. The van der Waals surface area contributed by atoms with Gasteiger partial charge in [-0.15, -0.1) is 0 Å². The first-order valence-electron chi connectivity index (χ1n) is 7.46. The van der Waals surface area contributed by atoms with Gasteiger partial charge in [-0.05, 0) is 38.3 Å². The van der Waals surface area contributed by atoms with E-state index in [0.29, 0.717) is 24.4 Å². The normalized spacial score (nSPS) is 23.5. The standard InChI is InChI=1S/C17H21NO2/c1-3-14-9-8-12(2)18(14)11-15(19)17-10-13-6-4-5-7-16(13)20-17/h4-7,10,12,14H,3,8-9,11H2,1-2H3. The Labute approximate surface area is 119 Å². The molecule has 1 aromatic heterocycles. The number of hydrogen-bond donors (Lipinski definition) is 0. The first-order chi connectivity index (χ1) is 9.69. The monoisotopic (exact) mass is 271 g/mol. The van der Waals surface area contributed by atoms with E-state index in [2.05, 4.69) is 18.7 Å². The van der Waals surface area contributed by atoms with Crippen LogP contribution in [0.2, 0.25) is 0 Å². The molecule has 0 radical (unpaired) electrons. The summed E-state index contributed by atoms with van der Waals surface area (Å²) in [6, 6.07) is 10.7. The summed E-state index contributed by atoms with van der Waals surface area (Å²) in [6.07, 6.45) is 3.49. The van der Waals surface area contributed by atoms with Crippen molar-refractivity contribution in [2.75, 3.05) is 6.54 Å². The van der Waals surface area contributed by atoms with Crippen molar-refractivity contribution in [2.45, 2.75) is 45.2 Å². The van der Waals surface area contributed by atoms with Crippen LogP contribution >= 0.6 is 0 Å². The van der Waals surface area contributed by atoms with Crippen LogP contribution in [0.3, 0.4) is 0 Å². The predicted molar refractivity (Wildman–Crippen MR) is 80.0 cm³/mol. The van der Waals surface area contributed by atoms with Crippen LogP contribution in [0.15, 0.2) is 34.7 Å². The zero-order valence-corrected chi connectivity index (χ0v) is 12.1. The van der Waals surface area contributed by atoms with Crippen molar-refractivity contribution in [3.8, 4) is 0 Å². The molecule has 0 aliphatic carbocycles. The Kier molecular flexibility index (Phi) is 3.62. The summed E-state index contributed by atoms with van der Waals surface area (Å²) in [5.41, 5.74) is 0.789. The van der Waals surface area contributed by atoms with Gasteiger partial charge in [0, 0.05) is 17.5 Å². The third kappa shape index (κ3) is 2.38. The van der Waals surface area contributed by atoms with Crippen molar-refractivity contribution < 1.29 is 9.21 Å². The summed E-state index contributed by atoms with van der Waals surface area (Å²) in [4.78, 5) is 14.8. The van der Waals surface area contributed by atoms with E-state index >= 15 is 0 Å². The summed E-state index contributed by atoms with van der Waals surface area (Å²) in [7, 11) is 0. The first-order valence-corrected chi connectivity index (χ1v) is 7.46. The van der Waals surface area contributed by atoms with Gasteiger partial charge in [0.2, 0.25) is 5.78 Å². The van der Waals surface area contributed by atoms with Crippen LogP contribution in [0.25, 0.3) is 11.0 Å². The summed E-state index contributed by atoms with van der Waals surface area (Å²) >= 11 is 0. The van der Waals surface area contributed by atoms with E-state index in [9.17, 15) is 4.79 Å². The van der Waals surface area contributed by atoms with Crippen molar-refractivity contribution in [3.63, 3.8) is 0 Å². The number of nitrogens with zero attached hydrogens (tertiary/aromatic N) is 1. The van der Waals surface area contributed by atoms with Gasteiger partial charge in [-0.25, -0.2) is 0 Å². The molecule has 1 aliphatic rings. The molecule has 0 saturated carbocycles. The van der Waals surface area contributed by atoms with E-state index in [1.807, 2.05) is 30.3 Å². The Balaban J connectivity index is 1.78. The second-order valence-electron chi connectivity index (χ2n) is 5.73. The number of para-hydroxylation sites is 1. The molecule has 0 amide bonds. The van der Waals surface area contributed by atoms with Crippen LogP contribution in [0.5, 0.6) is 0 Å². The second kappa shape index (κ2) is 5.41. The Morgan fingerprint density at radius 1 is 1.35 bits per heavy atom. The average Bonchev–Trinajstić information content (AvgIpc) is 3.03. The highest BCUT2D eigenvalue weighted by Gasteiger charge is 2.31. The highest BCUT2D eigenvalue weighted by Crippen LogP contribution is 2.27. The van der Waals surface area contributed by atoms with Gasteiger partial charge in [-0.1, -0.05) is 25.1 Å². The molecule has 3 heteroatoms. The maximum absolute atomic E-state index is 12.4. The molecule has 0 bridgehead atoms. The van der Waals surface area contributed by atoms with Crippen LogP contribution in [0, 0.1) is 0 Å². The smallest absolute Gasteiger partial charge is 0.211 e. The highest BCUT2D eigenvalue weighted by molar-refractivity contribution is 5.98. The maximum atomic E-state index is 12.4. The second-order valence-corrected chi connectivity index (χ2v) is 5.73. The lowest BCUT2D eigenvalue weighted by Gasteiger charge is -2.26. The predicted octanol–water partition coefficient (Wildman–Crippen LogP) is 3.88. The molecule has 1 aliphatic heterocycles. The Morgan fingerprint density at radius 3 is 2.90 bits per heavy atom. The van der Waals surface area contributed by atoms with E-state index < -0.39 is 0 Å². The Bertz CT molecular complexity index is 583. The van der Waals surface area contributed by atoms with E-state index in [-0.39, 0.29) is 5.78 Å². The Hall–Kier alpha value is -1.61. The minimum Gasteiger partial charge on any atom is -0.453 e. The molecular weight excluding hydrogens is 250 g/mol. The van der Waals surface area contributed by atoms with Crippen LogP contribution in [-0.2, 0) is 0 Å². The Morgan fingerprint density at radius 2 is 2.15 bits per heavy atom. The zero-order valence-electron chi connectivity index (χ0n) is 12.1. The van der Waals surface area contributed by atoms with Crippen molar-refractivity contribution in [2.24, 2.45) is 0 Å². The van der Waals surface area contributed by atoms with Gasteiger partial charge in [0.15, 0.2) is 5.76 Å². The number of hydrogen-bond acceptors (Lipinski definition) is 3. The number of furan rings is 1.